The normalized spacial score (nSPS) is 12.4. The fourth-order valence-electron chi connectivity index (χ4n) is 11.1. The van der Waals surface area contributed by atoms with Gasteiger partial charge in [0.15, 0.2) is 28.2 Å². The maximum absolute atomic E-state index is 11.8. The Hall–Kier alpha value is -9.99. The number of esters is 5. The third-order valence-electron chi connectivity index (χ3n) is 16.1. The highest BCUT2D eigenvalue weighted by Crippen LogP contribution is 2.42. The van der Waals surface area contributed by atoms with Crippen LogP contribution in [0.4, 0.5) is 0 Å². The number of unbranched alkanes of at least 4 members (excludes halogenated alkanes) is 1. The predicted octanol–water partition coefficient (Wildman–Crippen LogP) is 13.2. The maximum Gasteiger partial charge on any atom is 0.338 e. The number of carbonyl (C=O) groups is 5. The largest absolute Gasteiger partial charge is 0.465 e. The quantitative estimate of drug-likeness (QED) is 0.0624. The van der Waals surface area contributed by atoms with Crippen LogP contribution in [-0.4, -0.2) is 138 Å². The van der Waals surface area contributed by atoms with Gasteiger partial charge in [0.25, 0.3) is 0 Å². The summed E-state index contributed by atoms with van der Waals surface area (Å²) in [4.78, 5) is 58.7. The van der Waals surface area contributed by atoms with E-state index in [0.29, 0.717) is 62.0 Å². The fraction of sp³-hybridized carbons (Fsp3) is 0.507. The van der Waals surface area contributed by atoms with E-state index in [0.717, 1.165) is 109 Å². The molecule has 0 unspecified atom stereocenters. The first-order chi connectivity index (χ1) is 46.9. The minimum atomic E-state index is -0.410. The van der Waals surface area contributed by atoms with Gasteiger partial charge in [-0.2, -0.15) is 0 Å². The average Bonchev–Trinajstić information content (AvgIpc) is 1.66. The molecule has 0 radical (unpaired) electrons. The van der Waals surface area contributed by atoms with Crippen molar-refractivity contribution in [1.82, 2.24) is 73.0 Å². The minimum Gasteiger partial charge on any atom is -0.465 e. The van der Waals surface area contributed by atoms with Crippen molar-refractivity contribution in [3.05, 3.63) is 146 Å². The number of carbonyl (C=O) groups excluding carboxylic acids is 5. The summed E-state index contributed by atoms with van der Waals surface area (Å²) < 4.78 is 34.1. The molecule has 0 bridgehead atoms. The second kappa shape index (κ2) is 31.5. The van der Waals surface area contributed by atoms with Crippen LogP contribution in [0.5, 0.6) is 0 Å². The van der Waals surface area contributed by atoms with E-state index in [1.54, 1.807) is 43.3 Å². The predicted molar refractivity (Wildman–Crippen MR) is 382 cm³/mol. The molecule has 0 aromatic carbocycles. The minimum absolute atomic E-state index is 0.0875. The summed E-state index contributed by atoms with van der Waals surface area (Å²) in [7, 11) is 6.90. The van der Waals surface area contributed by atoms with Crippen molar-refractivity contribution < 1.29 is 47.7 Å². The summed E-state index contributed by atoms with van der Waals surface area (Å²) in [5.41, 5.74) is 10.3. The second-order valence-corrected chi connectivity index (χ2v) is 29.7. The molecule has 0 atom stereocenters. The SMILES string of the molecule is CC#Cc1cc(C(=O)OC)cc2nnc(C(C)(C)C)n12.CCCCc1cc(C(=O)OC)cc2nnc(C(C)(C)C)n12.CCCc1cc(C(=O)OC)cc2nnc(C(C)(C)C)n12.CCc1cc(C(=O)OC)cc2nnc(C(C)(C)C)n12.COC(=O)c1cc(C2CC2)n2c(C(C)(C)C)nnc2c1. The van der Waals surface area contributed by atoms with E-state index in [2.05, 4.69) is 194 Å². The Bertz CT molecular complexity index is 4690. The van der Waals surface area contributed by atoms with Crippen molar-refractivity contribution in [2.75, 3.05) is 35.5 Å². The average molecular weight is 1370 g/mol. The first kappa shape index (κ1) is 77.4. The van der Waals surface area contributed by atoms with Gasteiger partial charge >= 0.3 is 29.8 Å². The van der Waals surface area contributed by atoms with Gasteiger partial charge < -0.3 is 23.7 Å². The fourth-order valence-corrected chi connectivity index (χ4v) is 11.1. The molecule has 0 aliphatic heterocycles. The first-order valence-electron chi connectivity index (χ1n) is 33.7. The lowest BCUT2D eigenvalue weighted by molar-refractivity contribution is 0.0591. The molecule has 0 amide bonds. The Morgan fingerprint density at radius 1 is 0.380 bits per heavy atom. The van der Waals surface area contributed by atoms with Crippen LogP contribution >= 0.6 is 0 Å². The van der Waals surface area contributed by atoms with Gasteiger partial charge in [-0.3, -0.25) is 22.0 Å². The number of nitrogens with zero attached hydrogens (tertiary/aromatic N) is 15. The Kier molecular flexibility index (Phi) is 24.3. The van der Waals surface area contributed by atoms with Gasteiger partial charge in [-0.25, -0.2) is 24.0 Å². The topological polar surface area (TPSA) is 282 Å². The van der Waals surface area contributed by atoms with Gasteiger partial charge in [0.1, 0.15) is 34.8 Å². The molecule has 25 heteroatoms. The number of methoxy groups -OCH3 is 5. The molecule has 100 heavy (non-hydrogen) atoms. The van der Waals surface area contributed by atoms with Crippen LogP contribution in [0.15, 0.2) is 60.7 Å². The molecule has 11 rings (SSSR count). The highest BCUT2D eigenvalue weighted by molar-refractivity contribution is 5.93. The zero-order valence-corrected chi connectivity index (χ0v) is 62.8. The van der Waals surface area contributed by atoms with Crippen LogP contribution in [0.25, 0.3) is 28.2 Å². The van der Waals surface area contributed by atoms with E-state index in [1.807, 2.05) is 40.0 Å². The number of aryl methyl sites for hydroxylation is 3. The van der Waals surface area contributed by atoms with E-state index in [1.165, 1.54) is 35.5 Å². The molecule has 1 saturated carbocycles. The summed E-state index contributed by atoms with van der Waals surface area (Å²) in [6, 6.07) is 17.8. The van der Waals surface area contributed by atoms with Crippen molar-refractivity contribution in [3.63, 3.8) is 0 Å². The summed E-state index contributed by atoms with van der Waals surface area (Å²) in [5, 5.41) is 42.4. The Balaban J connectivity index is 0.000000176. The molecule has 10 heterocycles. The summed E-state index contributed by atoms with van der Waals surface area (Å²) >= 11 is 0. The highest BCUT2D eigenvalue weighted by Gasteiger charge is 2.33. The monoisotopic (exact) mass is 1370 g/mol. The van der Waals surface area contributed by atoms with E-state index in [4.69, 9.17) is 23.7 Å². The van der Waals surface area contributed by atoms with Gasteiger partial charge in [-0.15, -0.1) is 51.0 Å². The molecular formula is C75H99N15O10. The van der Waals surface area contributed by atoms with Crippen LogP contribution in [0, 0.1) is 11.8 Å². The van der Waals surface area contributed by atoms with Crippen molar-refractivity contribution in [1.29, 1.82) is 0 Å². The van der Waals surface area contributed by atoms with Gasteiger partial charge in [-0.1, -0.05) is 143 Å². The maximum atomic E-state index is 11.8. The number of rotatable bonds is 12. The van der Waals surface area contributed by atoms with Crippen LogP contribution in [0.3, 0.4) is 0 Å². The molecule has 1 aliphatic carbocycles. The first-order valence-corrected chi connectivity index (χ1v) is 33.7. The van der Waals surface area contributed by atoms with Gasteiger partial charge in [0, 0.05) is 49.9 Å². The van der Waals surface area contributed by atoms with Crippen molar-refractivity contribution in [2.24, 2.45) is 0 Å². The smallest absolute Gasteiger partial charge is 0.338 e. The summed E-state index contributed by atoms with van der Waals surface area (Å²) in [6.45, 7) is 39.5. The standard InChI is InChI=1S/C16H23N3O2.C15H19N3O2.C15H21N3O2.C15H17N3O2.C14H19N3O2/c1-6-7-8-12-9-11(14(20)21-5)10-13-17-18-15(19(12)13)16(2,3)4;1-15(2,3)14-17-16-12-8-10(13(19)20-4)7-11(18(12)14)9-5-6-9;2*1-6-7-11-8-10(13(19)20-5)9-12-16-17-14(18(11)12)15(2,3)4;1-6-10-7-9(12(18)19-5)8-11-15-16-13(17(10)11)14(2,3)4/h9-10H,6-8H2,1-5H3;7-9H,5-6H2,1-4H3;8-9H,6-7H2,1-5H3;8-9H,1-5H3;7-8H,6H2,1-5H3. The second-order valence-electron chi connectivity index (χ2n) is 29.7. The molecule has 0 saturated heterocycles. The third-order valence-corrected chi connectivity index (χ3v) is 16.1. The Labute approximate surface area is 585 Å². The number of ether oxygens (including phenoxy) is 5. The van der Waals surface area contributed by atoms with Crippen LogP contribution < -0.4 is 0 Å². The molecule has 0 spiro atoms. The lowest BCUT2D eigenvalue weighted by atomic mass is 9.95. The summed E-state index contributed by atoms with van der Waals surface area (Å²) in [5.74, 6) is 9.05. The van der Waals surface area contributed by atoms with Crippen molar-refractivity contribution in [3.8, 4) is 11.8 Å². The van der Waals surface area contributed by atoms with Gasteiger partial charge in [0.2, 0.25) is 0 Å². The van der Waals surface area contributed by atoms with Crippen LogP contribution in [0.2, 0.25) is 0 Å². The lowest BCUT2D eigenvalue weighted by Crippen LogP contribution is -2.18. The van der Waals surface area contributed by atoms with E-state index in [-0.39, 0.29) is 51.0 Å². The van der Waals surface area contributed by atoms with Crippen LogP contribution in [-0.2, 0) is 70.0 Å². The molecule has 534 valence electrons. The van der Waals surface area contributed by atoms with Crippen molar-refractivity contribution in [2.45, 2.75) is 216 Å². The molecular weight excluding hydrogens is 1270 g/mol. The Morgan fingerprint density at radius 3 is 0.980 bits per heavy atom. The van der Waals surface area contributed by atoms with Gasteiger partial charge in [-0.05, 0) is 118 Å². The molecule has 1 fully saturated rings. The zero-order chi connectivity index (χ0) is 74.1. The van der Waals surface area contributed by atoms with E-state index >= 15 is 0 Å². The van der Waals surface area contributed by atoms with Crippen molar-refractivity contribution >= 4 is 58.1 Å². The number of aromatic nitrogens is 15. The Morgan fingerprint density at radius 2 is 0.670 bits per heavy atom. The third kappa shape index (κ3) is 17.7. The number of fused-ring (bicyclic) bond motifs is 5. The van der Waals surface area contributed by atoms with Gasteiger partial charge in [0.05, 0.1) is 63.4 Å². The molecule has 10 aromatic rings. The molecule has 25 nitrogen and oxygen atoms in total. The highest BCUT2D eigenvalue weighted by atomic mass is 16.5. The number of pyridine rings is 5. The lowest BCUT2D eigenvalue weighted by Gasteiger charge is -2.18. The zero-order valence-electron chi connectivity index (χ0n) is 62.8. The van der Waals surface area contributed by atoms with E-state index in [9.17, 15) is 24.0 Å². The molecule has 10 aromatic heterocycles. The number of hydrogen-bond donors (Lipinski definition) is 0. The number of hydrogen-bond acceptors (Lipinski definition) is 20. The molecule has 0 N–H and O–H groups in total. The van der Waals surface area contributed by atoms with E-state index < -0.39 is 5.97 Å². The van der Waals surface area contributed by atoms with Crippen LogP contribution in [0.1, 0.15) is 279 Å². The summed E-state index contributed by atoms with van der Waals surface area (Å²) in [6.07, 6.45) is 7.99. The molecule has 1 aliphatic rings.